The molecule has 1 saturated heterocycles. The second kappa shape index (κ2) is 9.72. The topological polar surface area (TPSA) is 129 Å². The molecule has 4 atom stereocenters. The van der Waals surface area contributed by atoms with Gasteiger partial charge in [0.1, 0.15) is 24.0 Å². The second-order valence-corrected chi connectivity index (χ2v) is 10.1. The highest BCUT2D eigenvalue weighted by Crippen LogP contribution is 2.48. The van der Waals surface area contributed by atoms with E-state index >= 15 is 0 Å². The van der Waals surface area contributed by atoms with Crippen LogP contribution < -0.4 is 0 Å². The van der Waals surface area contributed by atoms with Crippen molar-refractivity contribution in [2.45, 2.75) is 46.3 Å². The summed E-state index contributed by atoms with van der Waals surface area (Å²) in [5, 5.41) is 18.9. The van der Waals surface area contributed by atoms with Crippen LogP contribution in [0.5, 0.6) is 0 Å². The first-order chi connectivity index (χ1) is 14.8. The summed E-state index contributed by atoms with van der Waals surface area (Å²) in [5.74, 6) is -4.16. The van der Waals surface area contributed by atoms with Gasteiger partial charge in [-0.2, -0.15) is 0 Å². The van der Waals surface area contributed by atoms with Crippen molar-refractivity contribution in [2.24, 2.45) is 22.7 Å². The second-order valence-electron chi connectivity index (χ2n) is 10.1. The minimum Gasteiger partial charge on any atom is -0.465 e. The molecule has 9 nitrogen and oxygen atoms in total. The predicted molar refractivity (Wildman–Crippen MR) is 113 cm³/mol. The van der Waals surface area contributed by atoms with Gasteiger partial charge >= 0.3 is 17.9 Å². The zero-order chi connectivity index (χ0) is 24.3. The van der Waals surface area contributed by atoms with Gasteiger partial charge in [-0.25, -0.2) is 4.79 Å². The molecule has 0 saturated carbocycles. The number of fused-ring (bicyclic) bond motifs is 2. The molecule has 2 heterocycles. The number of esters is 3. The highest BCUT2D eigenvalue weighted by molar-refractivity contribution is 5.88. The zero-order valence-corrected chi connectivity index (χ0v) is 19.4. The number of aliphatic hydroxyl groups excluding tert-OH is 2. The summed E-state index contributed by atoms with van der Waals surface area (Å²) in [6.45, 7) is 11.1. The van der Waals surface area contributed by atoms with Gasteiger partial charge in [0.2, 0.25) is 0 Å². The smallest absolute Gasteiger partial charge is 0.333 e. The lowest BCUT2D eigenvalue weighted by atomic mass is 9.75. The van der Waals surface area contributed by atoms with Gasteiger partial charge in [-0.15, -0.1) is 0 Å². The number of hydrogen-bond acceptors (Lipinski definition) is 9. The van der Waals surface area contributed by atoms with Crippen LogP contribution in [-0.2, 0) is 33.3 Å². The normalized spacial score (nSPS) is 26.7. The van der Waals surface area contributed by atoms with E-state index in [0.717, 1.165) is 0 Å². The summed E-state index contributed by atoms with van der Waals surface area (Å²) in [5.41, 5.74) is -2.53. The first-order valence-electron chi connectivity index (χ1n) is 10.5. The third-order valence-electron chi connectivity index (χ3n) is 5.53. The highest BCUT2D eigenvalue weighted by Gasteiger charge is 2.64. The van der Waals surface area contributed by atoms with Gasteiger partial charge in [0.15, 0.2) is 0 Å². The van der Waals surface area contributed by atoms with Crippen LogP contribution in [0.4, 0.5) is 0 Å². The number of carbonyl (C=O) groups excluding carboxylic acids is 3. The van der Waals surface area contributed by atoms with Crippen molar-refractivity contribution >= 4 is 17.9 Å². The van der Waals surface area contributed by atoms with E-state index in [9.17, 15) is 24.6 Å². The number of ether oxygens (including phenoxy) is 4. The zero-order valence-electron chi connectivity index (χ0n) is 19.4. The van der Waals surface area contributed by atoms with Crippen LogP contribution in [0.25, 0.3) is 0 Å². The maximum Gasteiger partial charge on any atom is 0.333 e. The van der Waals surface area contributed by atoms with Crippen molar-refractivity contribution in [2.75, 3.05) is 33.0 Å². The Morgan fingerprint density at radius 3 is 2.03 bits per heavy atom. The summed E-state index contributed by atoms with van der Waals surface area (Å²) in [6.07, 6.45) is 2.49. The first kappa shape index (κ1) is 26.0. The standard InChI is InChI=1S/C23H34O9/c1-14(2)18(26)31-13-23-8-7-15(32-23)16(19(27)29-11-21(3,4)9-24)17(23)20(28)30-12-22(5,6)10-25/h7-8,15-17,24-25H,1,9-13H2,2-6H3. The fourth-order valence-electron chi connectivity index (χ4n) is 3.35. The Hall–Kier alpha value is -2.23. The van der Waals surface area contributed by atoms with E-state index in [2.05, 4.69) is 6.58 Å². The minimum atomic E-state index is -1.38. The molecule has 0 amide bonds. The molecular weight excluding hydrogens is 420 g/mol. The van der Waals surface area contributed by atoms with Crippen molar-refractivity contribution in [3.63, 3.8) is 0 Å². The Morgan fingerprint density at radius 1 is 1.00 bits per heavy atom. The Bertz CT molecular complexity index is 782. The molecule has 2 aliphatic heterocycles. The fourth-order valence-corrected chi connectivity index (χ4v) is 3.35. The number of hydrogen-bond donors (Lipinski definition) is 2. The molecule has 32 heavy (non-hydrogen) atoms. The van der Waals surface area contributed by atoms with Crippen molar-refractivity contribution in [1.29, 1.82) is 0 Å². The molecule has 2 rings (SSSR count). The van der Waals surface area contributed by atoms with Gasteiger partial charge in [0.05, 0.1) is 32.5 Å². The van der Waals surface area contributed by atoms with E-state index in [1.165, 1.54) is 6.92 Å². The average molecular weight is 455 g/mol. The lowest BCUT2D eigenvalue weighted by Gasteiger charge is -2.32. The number of carbonyl (C=O) groups is 3. The fraction of sp³-hybridized carbons (Fsp3) is 0.696. The van der Waals surface area contributed by atoms with E-state index in [-0.39, 0.29) is 38.6 Å². The summed E-state index contributed by atoms with van der Waals surface area (Å²) < 4.78 is 22.1. The lowest BCUT2D eigenvalue weighted by molar-refractivity contribution is -0.168. The van der Waals surface area contributed by atoms with Crippen molar-refractivity contribution in [1.82, 2.24) is 0 Å². The van der Waals surface area contributed by atoms with Gasteiger partial charge in [-0.05, 0) is 13.0 Å². The van der Waals surface area contributed by atoms with Gasteiger partial charge in [0, 0.05) is 16.4 Å². The number of rotatable bonds is 11. The molecule has 0 aromatic rings. The maximum absolute atomic E-state index is 13.1. The minimum absolute atomic E-state index is 0.0494. The van der Waals surface area contributed by atoms with E-state index in [4.69, 9.17) is 18.9 Å². The van der Waals surface area contributed by atoms with Crippen molar-refractivity contribution in [3.8, 4) is 0 Å². The molecule has 9 heteroatoms. The molecule has 0 aliphatic carbocycles. The maximum atomic E-state index is 13.1. The summed E-state index contributed by atoms with van der Waals surface area (Å²) in [7, 11) is 0. The van der Waals surface area contributed by atoms with E-state index in [0.29, 0.717) is 0 Å². The van der Waals surface area contributed by atoms with Gasteiger partial charge in [-0.1, -0.05) is 40.3 Å². The van der Waals surface area contributed by atoms with Gasteiger partial charge in [0.25, 0.3) is 0 Å². The third kappa shape index (κ3) is 5.76. The van der Waals surface area contributed by atoms with E-state index in [1.807, 2.05) is 0 Å². The molecule has 1 fully saturated rings. The molecule has 180 valence electrons. The third-order valence-corrected chi connectivity index (χ3v) is 5.53. The summed E-state index contributed by atoms with van der Waals surface area (Å²) in [6, 6.07) is 0. The van der Waals surface area contributed by atoms with Crippen LogP contribution in [0.3, 0.4) is 0 Å². The molecule has 4 unspecified atom stereocenters. The largest absolute Gasteiger partial charge is 0.465 e. The Labute approximate surface area is 188 Å². The van der Waals surface area contributed by atoms with Crippen LogP contribution in [0.1, 0.15) is 34.6 Å². The molecule has 0 radical (unpaired) electrons. The van der Waals surface area contributed by atoms with Gasteiger partial charge < -0.3 is 29.2 Å². The Morgan fingerprint density at radius 2 is 1.53 bits per heavy atom. The quantitative estimate of drug-likeness (QED) is 0.205. The SMILES string of the molecule is C=C(C)C(=O)OCC12C=CC(O1)C(C(=O)OCC(C)(C)CO)C2C(=O)OCC(C)(C)CO. The van der Waals surface area contributed by atoms with Crippen molar-refractivity contribution < 1.29 is 43.5 Å². The number of aliphatic hydroxyl groups is 2. The molecule has 0 aromatic heterocycles. The van der Waals surface area contributed by atoms with E-state index in [1.54, 1.807) is 39.8 Å². The summed E-state index contributed by atoms with van der Waals surface area (Å²) in [4.78, 5) is 38.0. The molecule has 2 aliphatic rings. The monoisotopic (exact) mass is 454 g/mol. The Balaban J connectivity index is 2.27. The van der Waals surface area contributed by atoms with Crippen LogP contribution in [0.15, 0.2) is 24.3 Å². The molecular formula is C23H34O9. The first-order valence-corrected chi connectivity index (χ1v) is 10.5. The van der Waals surface area contributed by atoms with Crippen LogP contribution in [-0.4, -0.2) is 72.9 Å². The van der Waals surface area contributed by atoms with E-state index < -0.39 is 52.3 Å². The Kier molecular flexibility index (Phi) is 7.91. The molecule has 2 N–H and O–H groups in total. The van der Waals surface area contributed by atoms with Crippen LogP contribution in [0, 0.1) is 22.7 Å². The van der Waals surface area contributed by atoms with Crippen LogP contribution in [0.2, 0.25) is 0 Å². The molecule has 2 bridgehead atoms. The highest BCUT2D eigenvalue weighted by atomic mass is 16.6. The molecule has 0 spiro atoms. The lowest BCUT2D eigenvalue weighted by Crippen LogP contribution is -2.48. The van der Waals surface area contributed by atoms with Crippen LogP contribution >= 0.6 is 0 Å². The average Bonchev–Trinajstić information content (AvgIpc) is 3.31. The summed E-state index contributed by atoms with van der Waals surface area (Å²) >= 11 is 0. The van der Waals surface area contributed by atoms with Gasteiger partial charge in [-0.3, -0.25) is 9.59 Å². The predicted octanol–water partition coefficient (Wildman–Crippen LogP) is 1.17. The van der Waals surface area contributed by atoms with Crippen molar-refractivity contribution in [3.05, 3.63) is 24.3 Å². The molecule has 0 aromatic carbocycles.